The van der Waals surface area contributed by atoms with Gasteiger partial charge in [0.1, 0.15) is 15.6 Å². The monoisotopic (exact) mass is 283 g/mol. The van der Waals surface area contributed by atoms with Gasteiger partial charge in [-0.25, -0.2) is 0 Å². The Morgan fingerprint density at radius 1 is 1.53 bits per heavy atom. The van der Waals surface area contributed by atoms with Crippen LogP contribution in [0.5, 0.6) is 5.75 Å². The molecule has 0 unspecified atom stereocenters. The van der Waals surface area contributed by atoms with E-state index < -0.39 is 0 Å². The Morgan fingerprint density at radius 3 is 2.63 bits per heavy atom. The van der Waals surface area contributed by atoms with E-state index in [0.717, 1.165) is 18.1 Å². The van der Waals surface area contributed by atoms with Crippen LogP contribution in [-0.2, 0) is 0 Å². The summed E-state index contributed by atoms with van der Waals surface area (Å²) < 4.78 is 5.34. The molecule has 19 heavy (non-hydrogen) atoms. The van der Waals surface area contributed by atoms with Crippen LogP contribution >= 0.6 is 11.3 Å². The lowest BCUT2D eigenvalue weighted by Crippen LogP contribution is -2.23. The summed E-state index contributed by atoms with van der Waals surface area (Å²) >= 11 is 1.36. The van der Waals surface area contributed by atoms with Crippen LogP contribution in [0.3, 0.4) is 0 Å². The van der Waals surface area contributed by atoms with E-state index in [1.807, 2.05) is 0 Å². The molecule has 0 aliphatic rings. The molecule has 5 nitrogen and oxygen atoms in total. The molecule has 0 aliphatic carbocycles. The zero-order chi connectivity index (χ0) is 14.4. The Hall–Kier alpha value is -1.69. The fourth-order valence-electron chi connectivity index (χ4n) is 1.75. The number of nitrogen functional groups attached to an aromatic ring is 1. The summed E-state index contributed by atoms with van der Waals surface area (Å²) in [6.45, 7) is 9.75. The minimum atomic E-state index is -0.195. The molecule has 0 fully saturated rings. The maximum absolute atomic E-state index is 12.0. The second kappa shape index (κ2) is 7.04. The van der Waals surface area contributed by atoms with Gasteiger partial charge in [-0.1, -0.05) is 6.08 Å². The number of nitrogens with two attached hydrogens (primary N) is 1. The van der Waals surface area contributed by atoms with Crippen LogP contribution in [0.4, 0.5) is 10.7 Å². The highest BCUT2D eigenvalue weighted by molar-refractivity contribution is 7.19. The number of thiophene rings is 1. The summed E-state index contributed by atoms with van der Waals surface area (Å²) in [4.78, 5) is 14.6. The van der Waals surface area contributed by atoms with E-state index >= 15 is 0 Å². The first kappa shape index (κ1) is 15.4. The summed E-state index contributed by atoms with van der Waals surface area (Å²) in [7, 11) is 1.57. The molecule has 1 heterocycles. The number of methoxy groups -OCH3 is 1. The highest BCUT2D eigenvalue weighted by Crippen LogP contribution is 2.44. The molecule has 1 aromatic heterocycles. The first-order valence-electron chi connectivity index (χ1n) is 6.20. The Kier molecular flexibility index (Phi) is 5.69. The number of amides is 1. The van der Waals surface area contributed by atoms with Gasteiger partial charge in [-0.05, 0) is 13.8 Å². The van der Waals surface area contributed by atoms with Gasteiger partial charge in [-0.15, -0.1) is 17.9 Å². The molecule has 0 saturated carbocycles. The number of ether oxygens (including phenoxy) is 1. The van der Waals surface area contributed by atoms with Crippen molar-refractivity contribution in [2.75, 3.05) is 37.4 Å². The number of anilines is 2. The highest BCUT2D eigenvalue weighted by atomic mass is 32.1. The van der Waals surface area contributed by atoms with Crippen molar-refractivity contribution in [1.29, 1.82) is 0 Å². The quantitative estimate of drug-likeness (QED) is 0.752. The van der Waals surface area contributed by atoms with Crippen LogP contribution in [0.25, 0.3) is 0 Å². The van der Waals surface area contributed by atoms with Crippen molar-refractivity contribution in [3.05, 3.63) is 17.5 Å². The van der Waals surface area contributed by atoms with Gasteiger partial charge >= 0.3 is 0 Å². The third kappa shape index (κ3) is 3.20. The largest absolute Gasteiger partial charge is 0.492 e. The Labute approximate surface area is 118 Å². The highest BCUT2D eigenvalue weighted by Gasteiger charge is 2.23. The second-order valence-corrected chi connectivity index (χ2v) is 4.85. The lowest BCUT2D eigenvalue weighted by molar-refractivity contribution is 0.0962. The van der Waals surface area contributed by atoms with E-state index in [-0.39, 0.29) is 5.91 Å². The van der Waals surface area contributed by atoms with Crippen molar-refractivity contribution >= 4 is 27.9 Å². The van der Waals surface area contributed by atoms with Gasteiger partial charge in [0.2, 0.25) is 0 Å². The van der Waals surface area contributed by atoms with Gasteiger partial charge in [0, 0.05) is 19.6 Å². The Bertz CT molecular complexity index is 453. The van der Waals surface area contributed by atoms with Crippen molar-refractivity contribution in [2.24, 2.45) is 0 Å². The smallest absolute Gasteiger partial charge is 0.263 e. The normalized spacial score (nSPS) is 10.1. The zero-order valence-electron chi connectivity index (χ0n) is 11.7. The van der Waals surface area contributed by atoms with Crippen molar-refractivity contribution in [1.82, 2.24) is 5.32 Å². The van der Waals surface area contributed by atoms with E-state index in [1.54, 1.807) is 13.2 Å². The molecular weight excluding hydrogens is 262 g/mol. The van der Waals surface area contributed by atoms with Crippen LogP contribution < -0.4 is 20.7 Å². The minimum absolute atomic E-state index is 0.195. The minimum Gasteiger partial charge on any atom is -0.492 e. The number of nitrogens with one attached hydrogen (secondary N) is 1. The SMILES string of the molecule is C=CCNC(=O)c1sc(N(CC)CC)c(OC)c1N. The molecule has 1 amide bonds. The average Bonchev–Trinajstić information content (AvgIpc) is 2.74. The van der Waals surface area contributed by atoms with Gasteiger partial charge in [-0.3, -0.25) is 4.79 Å². The number of hydrogen-bond acceptors (Lipinski definition) is 5. The number of hydrogen-bond donors (Lipinski definition) is 2. The lowest BCUT2D eigenvalue weighted by atomic mass is 10.3. The Morgan fingerprint density at radius 2 is 2.16 bits per heavy atom. The van der Waals surface area contributed by atoms with Crippen LogP contribution in [0.15, 0.2) is 12.7 Å². The molecule has 1 aromatic rings. The van der Waals surface area contributed by atoms with E-state index in [4.69, 9.17) is 10.5 Å². The average molecular weight is 283 g/mol. The number of carbonyl (C=O) groups excluding carboxylic acids is 1. The third-order valence-electron chi connectivity index (χ3n) is 2.75. The molecule has 0 spiro atoms. The van der Waals surface area contributed by atoms with Crippen LogP contribution in [0, 0.1) is 0 Å². The first-order chi connectivity index (χ1) is 9.10. The van der Waals surface area contributed by atoms with Crippen LogP contribution in [-0.4, -0.2) is 32.7 Å². The van der Waals surface area contributed by atoms with Gasteiger partial charge in [0.25, 0.3) is 5.91 Å². The molecule has 0 radical (unpaired) electrons. The summed E-state index contributed by atoms with van der Waals surface area (Å²) in [5.74, 6) is 0.386. The van der Waals surface area contributed by atoms with E-state index in [9.17, 15) is 4.79 Å². The van der Waals surface area contributed by atoms with E-state index in [0.29, 0.717) is 22.9 Å². The van der Waals surface area contributed by atoms with Gasteiger partial charge in [0.05, 0.1) is 7.11 Å². The molecule has 0 aromatic carbocycles. The van der Waals surface area contributed by atoms with Crippen molar-refractivity contribution in [3.8, 4) is 5.75 Å². The summed E-state index contributed by atoms with van der Waals surface area (Å²) in [6.07, 6.45) is 1.63. The fraction of sp³-hybridized carbons (Fsp3) is 0.462. The Balaban J connectivity index is 3.14. The van der Waals surface area contributed by atoms with Crippen LogP contribution in [0.2, 0.25) is 0 Å². The van der Waals surface area contributed by atoms with Crippen LogP contribution in [0.1, 0.15) is 23.5 Å². The molecule has 1 rings (SSSR count). The van der Waals surface area contributed by atoms with E-state index in [1.165, 1.54) is 11.3 Å². The second-order valence-electron chi connectivity index (χ2n) is 3.85. The molecule has 0 atom stereocenters. The third-order valence-corrected chi connectivity index (χ3v) is 4.00. The summed E-state index contributed by atoms with van der Waals surface area (Å²) in [6, 6.07) is 0. The molecule has 0 bridgehead atoms. The molecule has 3 N–H and O–H groups in total. The van der Waals surface area contributed by atoms with E-state index in [2.05, 4.69) is 30.6 Å². The van der Waals surface area contributed by atoms with Crippen molar-refractivity contribution in [3.63, 3.8) is 0 Å². The summed E-state index contributed by atoms with van der Waals surface area (Å²) in [5.41, 5.74) is 6.41. The first-order valence-corrected chi connectivity index (χ1v) is 7.02. The molecule has 6 heteroatoms. The topological polar surface area (TPSA) is 67.6 Å². The standard InChI is InChI=1S/C13H21N3O2S/c1-5-8-15-12(17)11-9(14)10(18-4)13(19-11)16(6-2)7-3/h5H,1,6-8,14H2,2-4H3,(H,15,17). The van der Waals surface area contributed by atoms with Gasteiger partial charge in [0.15, 0.2) is 5.75 Å². The van der Waals surface area contributed by atoms with Gasteiger partial charge in [-0.2, -0.15) is 0 Å². The molecule has 106 valence electrons. The zero-order valence-corrected chi connectivity index (χ0v) is 12.5. The molecule has 0 saturated heterocycles. The molecule has 0 aliphatic heterocycles. The predicted octanol–water partition coefficient (Wildman–Crippen LogP) is 2.10. The fourth-order valence-corrected chi connectivity index (χ4v) is 2.98. The number of nitrogens with zero attached hydrogens (tertiary/aromatic N) is 1. The maximum atomic E-state index is 12.0. The maximum Gasteiger partial charge on any atom is 0.263 e. The lowest BCUT2D eigenvalue weighted by Gasteiger charge is -2.19. The predicted molar refractivity (Wildman–Crippen MR) is 81.4 cm³/mol. The van der Waals surface area contributed by atoms with Crippen molar-refractivity contribution < 1.29 is 9.53 Å². The molecular formula is C13H21N3O2S. The number of carbonyl (C=O) groups is 1. The van der Waals surface area contributed by atoms with Crippen molar-refractivity contribution in [2.45, 2.75) is 13.8 Å². The van der Waals surface area contributed by atoms with Gasteiger partial charge < -0.3 is 20.7 Å². The summed E-state index contributed by atoms with van der Waals surface area (Å²) in [5, 5.41) is 3.63. The number of rotatable bonds is 7.